The summed E-state index contributed by atoms with van der Waals surface area (Å²) in [7, 11) is 0. The SMILES string of the molecule is C1=CCC(n2c3ccccc3c3cc(-c4ccc5c(c4)c4ccccc4n5C4N=CC=C(c5ccccc5)N4)ccc32)C=C1. The zero-order chi connectivity index (χ0) is 29.0. The fraction of sp³-hybridized carbons (Fsp3) is 0.0750. The van der Waals surface area contributed by atoms with E-state index in [4.69, 9.17) is 4.99 Å². The van der Waals surface area contributed by atoms with Crippen LogP contribution in [0.15, 0.2) is 151 Å². The maximum absolute atomic E-state index is 4.87. The third kappa shape index (κ3) is 3.88. The molecule has 0 saturated heterocycles. The van der Waals surface area contributed by atoms with Gasteiger partial charge in [0.25, 0.3) is 0 Å². The summed E-state index contributed by atoms with van der Waals surface area (Å²) >= 11 is 0. The third-order valence-corrected chi connectivity index (χ3v) is 9.13. The lowest BCUT2D eigenvalue weighted by molar-refractivity contribution is 0.510. The number of fused-ring (bicyclic) bond motifs is 6. The second-order valence-electron chi connectivity index (χ2n) is 11.6. The van der Waals surface area contributed by atoms with Crippen LogP contribution in [0.4, 0.5) is 0 Å². The minimum atomic E-state index is -0.241. The normalized spacial score (nSPS) is 18.0. The van der Waals surface area contributed by atoms with Crippen molar-refractivity contribution in [2.75, 3.05) is 0 Å². The molecule has 7 aromatic rings. The van der Waals surface area contributed by atoms with Crippen LogP contribution < -0.4 is 5.32 Å². The van der Waals surface area contributed by atoms with Gasteiger partial charge in [-0.3, -0.25) is 0 Å². The van der Waals surface area contributed by atoms with Crippen LogP contribution in [-0.2, 0) is 0 Å². The van der Waals surface area contributed by atoms with Crippen molar-refractivity contribution in [1.29, 1.82) is 0 Å². The lowest BCUT2D eigenvalue weighted by Gasteiger charge is -2.24. The number of para-hydroxylation sites is 2. The van der Waals surface area contributed by atoms with Crippen molar-refractivity contribution in [2.45, 2.75) is 18.8 Å². The van der Waals surface area contributed by atoms with Crippen molar-refractivity contribution in [3.8, 4) is 11.1 Å². The Kier molecular flexibility index (Phi) is 5.66. The predicted octanol–water partition coefficient (Wildman–Crippen LogP) is 9.80. The van der Waals surface area contributed by atoms with Crippen LogP contribution in [0.1, 0.15) is 24.3 Å². The largest absolute Gasteiger partial charge is 0.346 e. The van der Waals surface area contributed by atoms with Gasteiger partial charge >= 0.3 is 0 Å². The first kappa shape index (κ1) is 24.9. The molecule has 2 aliphatic rings. The van der Waals surface area contributed by atoms with Crippen molar-refractivity contribution in [2.24, 2.45) is 4.99 Å². The lowest BCUT2D eigenvalue weighted by atomic mass is 10.0. The highest BCUT2D eigenvalue weighted by Crippen LogP contribution is 2.39. The number of rotatable bonds is 4. The molecule has 9 rings (SSSR count). The van der Waals surface area contributed by atoms with Gasteiger partial charge in [-0.1, -0.05) is 103 Å². The van der Waals surface area contributed by atoms with E-state index in [9.17, 15) is 0 Å². The molecule has 1 aliphatic carbocycles. The van der Waals surface area contributed by atoms with Gasteiger partial charge in [0, 0.05) is 44.5 Å². The van der Waals surface area contributed by atoms with Gasteiger partial charge in [-0.15, -0.1) is 0 Å². The summed E-state index contributed by atoms with van der Waals surface area (Å²) in [5.41, 5.74) is 9.55. The number of allylic oxidation sites excluding steroid dienone is 5. The fourth-order valence-electron chi connectivity index (χ4n) is 7.10. The monoisotopic (exact) mass is 566 g/mol. The molecule has 0 radical (unpaired) electrons. The Labute approximate surface area is 255 Å². The molecular weight excluding hydrogens is 536 g/mol. The average Bonchev–Trinajstić information content (AvgIpc) is 3.61. The smallest absolute Gasteiger partial charge is 0.200 e. The summed E-state index contributed by atoms with van der Waals surface area (Å²) < 4.78 is 4.82. The highest BCUT2D eigenvalue weighted by atomic mass is 15.3. The number of aliphatic imine (C=N–C) groups is 1. The van der Waals surface area contributed by atoms with Gasteiger partial charge in [-0.25, -0.2) is 4.99 Å². The van der Waals surface area contributed by atoms with Crippen LogP contribution >= 0.6 is 0 Å². The number of hydrogen-bond acceptors (Lipinski definition) is 2. The molecule has 4 heteroatoms. The third-order valence-electron chi connectivity index (χ3n) is 9.13. The maximum atomic E-state index is 4.87. The van der Waals surface area contributed by atoms with Crippen LogP contribution in [0, 0.1) is 0 Å². The lowest BCUT2D eigenvalue weighted by Crippen LogP contribution is -2.26. The first-order valence-corrected chi connectivity index (χ1v) is 15.3. The topological polar surface area (TPSA) is 34.2 Å². The van der Waals surface area contributed by atoms with Gasteiger partial charge in [0.2, 0.25) is 6.29 Å². The second-order valence-corrected chi connectivity index (χ2v) is 11.6. The maximum Gasteiger partial charge on any atom is 0.200 e. The molecule has 210 valence electrons. The Hall–Kier alpha value is -5.61. The number of aromatic nitrogens is 2. The number of nitrogens with one attached hydrogen (secondary N) is 1. The summed E-state index contributed by atoms with van der Waals surface area (Å²) in [5, 5.41) is 8.74. The molecule has 3 heterocycles. The van der Waals surface area contributed by atoms with Crippen molar-refractivity contribution in [3.63, 3.8) is 0 Å². The van der Waals surface area contributed by atoms with E-state index in [-0.39, 0.29) is 6.29 Å². The first-order valence-electron chi connectivity index (χ1n) is 15.3. The molecule has 44 heavy (non-hydrogen) atoms. The Morgan fingerprint density at radius 2 is 1.18 bits per heavy atom. The van der Waals surface area contributed by atoms with Crippen molar-refractivity contribution in [3.05, 3.63) is 151 Å². The van der Waals surface area contributed by atoms with E-state index in [1.807, 2.05) is 18.4 Å². The Balaban J connectivity index is 1.17. The molecule has 0 fully saturated rings. The molecule has 2 unspecified atom stereocenters. The molecule has 5 aromatic carbocycles. The molecule has 1 aliphatic heterocycles. The van der Waals surface area contributed by atoms with E-state index < -0.39 is 0 Å². The standard InChI is InChI=1S/C40H30N4/c1-3-11-27(12-4-1)35-23-24-41-40(42-35)44-37-18-10-8-16-32(37)34-26-29(20-22-39(34)44)28-19-21-38-33(25-28)31-15-7-9-17-36(31)43(38)30-13-5-2-6-14-30/h1-13,15-26,30,40,42H,14H2. The number of benzene rings is 5. The van der Waals surface area contributed by atoms with Crippen LogP contribution in [0.5, 0.6) is 0 Å². The van der Waals surface area contributed by atoms with Crippen LogP contribution in [0.25, 0.3) is 60.4 Å². The minimum Gasteiger partial charge on any atom is -0.346 e. The van der Waals surface area contributed by atoms with E-state index >= 15 is 0 Å². The van der Waals surface area contributed by atoms with Crippen LogP contribution in [-0.4, -0.2) is 15.3 Å². The van der Waals surface area contributed by atoms with E-state index in [1.165, 1.54) is 43.7 Å². The fourth-order valence-corrected chi connectivity index (χ4v) is 7.10. The Morgan fingerprint density at radius 1 is 0.568 bits per heavy atom. The molecule has 0 bridgehead atoms. The van der Waals surface area contributed by atoms with Gasteiger partial charge < -0.3 is 14.5 Å². The van der Waals surface area contributed by atoms with Crippen molar-refractivity contribution < 1.29 is 0 Å². The first-order chi connectivity index (χ1) is 21.8. The summed E-state index contributed by atoms with van der Waals surface area (Å²) in [5.74, 6) is 0. The van der Waals surface area contributed by atoms with E-state index in [0.717, 1.165) is 28.7 Å². The highest BCUT2D eigenvalue weighted by Gasteiger charge is 2.21. The predicted molar refractivity (Wildman–Crippen MR) is 185 cm³/mol. The zero-order valence-corrected chi connectivity index (χ0v) is 24.1. The van der Waals surface area contributed by atoms with Crippen LogP contribution in [0.3, 0.4) is 0 Å². The molecule has 0 amide bonds. The van der Waals surface area contributed by atoms with E-state index in [0.29, 0.717) is 6.04 Å². The molecule has 2 aromatic heterocycles. The Morgan fingerprint density at radius 3 is 1.86 bits per heavy atom. The molecular formula is C40H30N4. The summed E-state index contributed by atoms with van der Waals surface area (Å²) in [6.45, 7) is 0. The molecule has 2 atom stereocenters. The van der Waals surface area contributed by atoms with Crippen LogP contribution in [0.2, 0.25) is 0 Å². The van der Waals surface area contributed by atoms with Crippen molar-refractivity contribution >= 4 is 55.5 Å². The van der Waals surface area contributed by atoms with Gasteiger partial charge in [-0.05, 0) is 65.6 Å². The number of hydrogen-bond donors (Lipinski definition) is 1. The minimum absolute atomic E-state index is 0.241. The zero-order valence-electron chi connectivity index (χ0n) is 24.1. The number of nitrogens with zero attached hydrogens (tertiary/aromatic N) is 3. The highest BCUT2D eigenvalue weighted by molar-refractivity contribution is 6.11. The molecule has 1 N–H and O–H groups in total. The molecule has 4 nitrogen and oxygen atoms in total. The van der Waals surface area contributed by atoms with Crippen molar-refractivity contribution in [1.82, 2.24) is 14.5 Å². The average molecular weight is 567 g/mol. The van der Waals surface area contributed by atoms with Gasteiger partial charge in [0.1, 0.15) is 0 Å². The molecule has 0 spiro atoms. The van der Waals surface area contributed by atoms with E-state index in [1.54, 1.807) is 0 Å². The second kappa shape index (κ2) is 9.99. The van der Waals surface area contributed by atoms with E-state index in [2.05, 4.69) is 148 Å². The van der Waals surface area contributed by atoms with Gasteiger partial charge in [-0.2, -0.15) is 0 Å². The quantitative estimate of drug-likeness (QED) is 0.226. The summed E-state index contributed by atoms with van der Waals surface area (Å²) in [6, 6.07) is 42.1. The Bertz CT molecular complexity index is 2350. The summed E-state index contributed by atoms with van der Waals surface area (Å²) in [6.07, 6.45) is 13.6. The van der Waals surface area contributed by atoms with Gasteiger partial charge in [0.15, 0.2) is 0 Å². The molecule has 0 saturated carbocycles. The van der Waals surface area contributed by atoms with Gasteiger partial charge in [0.05, 0.1) is 17.1 Å². The summed E-state index contributed by atoms with van der Waals surface area (Å²) in [4.78, 5) is 4.87.